The normalized spacial score (nSPS) is 11.9. The molecule has 2 heterocycles. The summed E-state index contributed by atoms with van der Waals surface area (Å²) in [4.78, 5) is 3.84. The number of nitrogens with two attached hydrogens (primary N) is 1. The SMILES string of the molecule is CC(C)(C)n1cc(-c2cnc(N)o2)cn1. The molecule has 0 aliphatic carbocycles. The molecule has 0 atom stereocenters. The fraction of sp³-hybridized carbons (Fsp3) is 0.400. The number of hydrogen-bond acceptors (Lipinski definition) is 4. The summed E-state index contributed by atoms with van der Waals surface area (Å²) in [5.74, 6) is 0.642. The van der Waals surface area contributed by atoms with Crippen LogP contribution in [0.15, 0.2) is 23.0 Å². The number of nitrogen functional groups attached to an aromatic ring is 1. The molecule has 0 aliphatic rings. The highest BCUT2D eigenvalue weighted by Crippen LogP contribution is 2.23. The Morgan fingerprint density at radius 1 is 1.33 bits per heavy atom. The quantitative estimate of drug-likeness (QED) is 0.773. The third kappa shape index (κ3) is 1.86. The lowest BCUT2D eigenvalue weighted by Gasteiger charge is -2.18. The smallest absolute Gasteiger partial charge is 0.292 e. The maximum Gasteiger partial charge on any atom is 0.292 e. The van der Waals surface area contributed by atoms with Gasteiger partial charge in [0.25, 0.3) is 6.01 Å². The summed E-state index contributed by atoms with van der Waals surface area (Å²) >= 11 is 0. The van der Waals surface area contributed by atoms with E-state index in [-0.39, 0.29) is 11.6 Å². The number of rotatable bonds is 1. The Morgan fingerprint density at radius 3 is 2.53 bits per heavy atom. The van der Waals surface area contributed by atoms with E-state index in [1.54, 1.807) is 12.4 Å². The Kier molecular flexibility index (Phi) is 2.03. The molecule has 0 aromatic carbocycles. The van der Waals surface area contributed by atoms with E-state index < -0.39 is 0 Å². The summed E-state index contributed by atoms with van der Waals surface area (Å²) in [5, 5.41) is 4.26. The van der Waals surface area contributed by atoms with Gasteiger partial charge in [-0.1, -0.05) is 0 Å². The molecular weight excluding hydrogens is 192 g/mol. The summed E-state index contributed by atoms with van der Waals surface area (Å²) in [6, 6.07) is 0.175. The van der Waals surface area contributed by atoms with E-state index in [4.69, 9.17) is 10.2 Å². The third-order valence-electron chi connectivity index (χ3n) is 2.08. The second kappa shape index (κ2) is 3.12. The third-order valence-corrected chi connectivity index (χ3v) is 2.08. The Morgan fingerprint density at radius 2 is 2.07 bits per heavy atom. The number of aromatic nitrogens is 3. The standard InChI is InChI=1S/C10H14N4O/c1-10(2,3)14-6-7(4-13-14)8-5-12-9(11)15-8/h4-6H,1-3H3,(H2,11,12). The minimum atomic E-state index is -0.0379. The van der Waals surface area contributed by atoms with E-state index in [0.717, 1.165) is 5.56 Å². The van der Waals surface area contributed by atoms with Gasteiger partial charge >= 0.3 is 0 Å². The monoisotopic (exact) mass is 206 g/mol. The molecule has 0 fully saturated rings. The molecule has 0 spiro atoms. The summed E-state index contributed by atoms with van der Waals surface area (Å²) in [7, 11) is 0. The molecule has 0 aliphatic heterocycles. The molecule has 2 aromatic rings. The minimum absolute atomic E-state index is 0.0379. The van der Waals surface area contributed by atoms with Crippen LogP contribution in [0.3, 0.4) is 0 Å². The van der Waals surface area contributed by atoms with Crippen molar-refractivity contribution in [2.24, 2.45) is 0 Å². The molecule has 0 unspecified atom stereocenters. The molecule has 15 heavy (non-hydrogen) atoms. The lowest BCUT2D eigenvalue weighted by Crippen LogP contribution is -2.21. The van der Waals surface area contributed by atoms with Crippen LogP contribution >= 0.6 is 0 Å². The Hall–Kier alpha value is -1.78. The first-order valence-electron chi connectivity index (χ1n) is 4.73. The van der Waals surface area contributed by atoms with Crippen molar-refractivity contribution < 1.29 is 4.42 Å². The molecule has 0 radical (unpaired) electrons. The first kappa shape index (κ1) is 9.76. The zero-order chi connectivity index (χ0) is 11.1. The van der Waals surface area contributed by atoms with Crippen LogP contribution in [0.2, 0.25) is 0 Å². The van der Waals surface area contributed by atoms with Crippen molar-refractivity contribution in [3.63, 3.8) is 0 Å². The minimum Gasteiger partial charge on any atom is -0.424 e. The molecular formula is C10H14N4O. The van der Waals surface area contributed by atoms with E-state index in [1.165, 1.54) is 0 Å². The van der Waals surface area contributed by atoms with E-state index in [9.17, 15) is 0 Å². The van der Waals surface area contributed by atoms with Crippen LogP contribution in [0.1, 0.15) is 20.8 Å². The Bertz CT molecular complexity index is 464. The molecule has 0 amide bonds. The maximum absolute atomic E-state index is 5.40. The van der Waals surface area contributed by atoms with E-state index in [2.05, 4.69) is 30.9 Å². The first-order valence-corrected chi connectivity index (χ1v) is 4.73. The van der Waals surface area contributed by atoms with Gasteiger partial charge in [0.1, 0.15) is 0 Å². The summed E-state index contributed by atoms with van der Waals surface area (Å²) in [6.45, 7) is 6.25. The fourth-order valence-corrected chi connectivity index (χ4v) is 1.24. The van der Waals surface area contributed by atoms with Gasteiger partial charge < -0.3 is 10.2 Å². The van der Waals surface area contributed by atoms with Gasteiger partial charge in [-0.2, -0.15) is 5.10 Å². The fourth-order valence-electron chi connectivity index (χ4n) is 1.24. The Labute approximate surface area is 87.9 Å². The van der Waals surface area contributed by atoms with Crippen molar-refractivity contribution >= 4 is 6.01 Å². The lowest BCUT2D eigenvalue weighted by atomic mass is 10.1. The predicted molar refractivity (Wildman–Crippen MR) is 57.1 cm³/mol. The van der Waals surface area contributed by atoms with Crippen LogP contribution in [-0.2, 0) is 5.54 Å². The summed E-state index contributed by atoms with van der Waals surface area (Å²) in [6.07, 6.45) is 5.25. The van der Waals surface area contributed by atoms with Crippen LogP contribution in [0, 0.1) is 0 Å². The molecule has 2 rings (SSSR count). The van der Waals surface area contributed by atoms with Crippen molar-refractivity contribution in [1.82, 2.24) is 14.8 Å². The average Bonchev–Trinajstić information content (AvgIpc) is 2.69. The van der Waals surface area contributed by atoms with Gasteiger partial charge in [-0.25, -0.2) is 4.98 Å². The predicted octanol–water partition coefficient (Wildman–Crippen LogP) is 1.88. The largest absolute Gasteiger partial charge is 0.424 e. The highest BCUT2D eigenvalue weighted by Gasteiger charge is 2.15. The lowest BCUT2D eigenvalue weighted by molar-refractivity contribution is 0.355. The molecule has 2 aromatic heterocycles. The topological polar surface area (TPSA) is 69.9 Å². The molecule has 5 heteroatoms. The first-order chi connectivity index (χ1) is 6.97. The molecule has 0 bridgehead atoms. The van der Waals surface area contributed by atoms with Crippen LogP contribution in [0.5, 0.6) is 0 Å². The van der Waals surface area contributed by atoms with Crippen molar-refractivity contribution in [2.75, 3.05) is 5.73 Å². The van der Waals surface area contributed by atoms with Gasteiger partial charge in [0.05, 0.1) is 23.5 Å². The van der Waals surface area contributed by atoms with E-state index >= 15 is 0 Å². The Balaban J connectivity index is 2.36. The zero-order valence-corrected chi connectivity index (χ0v) is 9.06. The van der Waals surface area contributed by atoms with Gasteiger partial charge in [-0.3, -0.25) is 4.68 Å². The molecule has 2 N–H and O–H groups in total. The van der Waals surface area contributed by atoms with E-state index in [0.29, 0.717) is 5.76 Å². The van der Waals surface area contributed by atoms with Crippen LogP contribution in [-0.4, -0.2) is 14.8 Å². The number of nitrogens with zero attached hydrogens (tertiary/aromatic N) is 3. The molecule has 0 saturated carbocycles. The molecule has 5 nitrogen and oxygen atoms in total. The van der Waals surface area contributed by atoms with Crippen LogP contribution in [0.25, 0.3) is 11.3 Å². The summed E-state index contributed by atoms with van der Waals surface area (Å²) in [5.41, 5.74) is 6.25. The number of oxazole rings is 1. The number of anilines is 1. The average molecular weight is 206 g/mol. The van der Waals surface area contributed by atoms with Crippen LogP contribution in [0.4, 0.5) is 6.01 Å². The van der Waals surface area contributed by atoms with Gasteiger partial charge in [-0.15, -0.1) is 0 Å². The van der Waals surface area contributed by atoms with Crippen molar-refractivity contribution in [2.45, 2.75) is 26.3 Å². The number of hydrogen-bond donors (Lipinski definition) is 1. The van der Waals surface area contributed by atoms with Gasteiger partial charge in [-0.05, 0) is 20.8 Å². The van der Waals surface area contributed by atoms with Gasteiger partial charge in [0, 0.05) is 6.20 Å². The summed E-state index contributed by atoms with van der Waals surface area (Å²) < 4.78 is 7.08. The second-order valence-corrected chi connectivity index (χ2v) is 4.41. The highest BCUT2D eigenvalue weighted by atomic mass is 16.4. The van der Waals surface area contributed by atoms with Crippen molar-refractivity contribution in [3.05, 3.63) is 18.6 Å². The van der Waals surface area contributed by atoms with Gasteiger partial charge in [0.15, 0.2) is 5.76 Å². The van der Waals surface area contributed by atoms with Crippen molar-refractivity contribution in [1.29, 1.82) is 0 Å². The van der Waals surface area contributed by atoms with E-state index in [1.807, 2.05) is 10.9 Å². The van der Waals surface area contributed by atoms with Crippen LogP contribution < -0.4 is 5.73 Å². The zero-order valence-electron chi connectivity index (χ0n) is 9.06. The highest BCUT2D eigenvalue weighted by molar-refractivity contribution is 5.54. The second-order valence-electron chi connectivity index (χ2n) is 4.41. The van der Waals surface area contributed by atoms with Crippen molar-refractivity contribution in [3.8, 4) is 11.3 Å². The molecule has 80 valence electrons. The van der Waals surface area contributed by atoms with Gasteiger partial charge in [0.2, 0.25) is 0 Å². The maximum atomic E-state index is 5.40. The molecule has 0 saturated heterocycles.